The summed E-state index contributed by atoms with van der Waals surface area (Å²) in [5.74, 6) is 1.31. The van der Waals surface area contributed by atoms with Crippen molar-refractivity contribution >= 4 is 23.8 Å². The number of aromatic amines is 1. The summed E-state index contributed by atoms with van der Waals surface area (Å²) in [6, 6.07) is 11.0. The van der Waals surface area contributed by atoms with Crippen LogP contribution in [0.2, 0.25) is 5.02 Å². The third-order valence-corrected chi connectivity index (χ3v) is 3.32. The average molecular weight is 330 g/mol. The van der Waals surface area contributed by atoms with Gasteiger partial charge < -0.3 is 4.42 Å². The maximum Gasteiger partial charge on any atom is 0.274 e. The Hall–Kier alpha value is -2.93. The quantitative estimate of drug-likeness (QED) is 0.566. The van der Waals surface area contributed by atoms with Gasteiger partial charge in [-0.1, -0.05) is 23.7 Å². The number of H-pyrrole nitrogens is 1. The first-order valence-electron chi connectivity index (χ1n) is 6.71. The van der Waals surface area contributed by atoms with E-state index in [-0.39, 0.29) is 17.2 Å². The number of halogens is 1. The second-order valence-electron chi connectivity index (χ2n) is 4.64. The highest BCUT2D eigenvalue weighted by Gasteiger charge is 2.07. The van der Waals surface area contributed by atoms with Crippen molar-refractivity contribution in [3.8, 4) is 11.3 Å². The molecule has 7 nitrogen and oxygen atoms in total. The Morgan fingerprint density at radius 2 is 2.09 bits per heavy atom. The first-order valence-corrected chi connectivity index (χ1v) is 7.09. The molecule has 0 unspecified atom stereocenters. The van der Waals surface area contributed by atoms with Crippen LogP contribution in [0.5, 0.6) is 0 Å². The molecule has 0 radical (unpaired) electrons. The van der Waals surface area contributed by atoms with Crippen LogP contribution < -0.4 is 11.0 Å². The van der Waals surface area contributed by atoms with Gasteiger partial charge in [0.1, 0.15) is 17.2 Å². The molecule has 0 amide bonds. The summed E-state index contributed by atoms with van der Waals surface area (Å²) in [6.07, 6.45) is 1.46. The molecule has 1 aromatic carbocycles. The standard InChI is InChI=1S/C15H12ClN5O2/c1-9-14(22)18-15(21-19-9)20-17-8-10-6-7-13(23-10)11-4-2-3-5-12(11)16/h2-8H,1H3,(H2,18,20,21,22). The molecule has 0 aliphatic carbocycles. The Bertz CT molecular complexity index is 916. The molecule has 3 aromatic rings. The Morgan fingerprint density at radius 3 is 2.87 bits per heavy atom. The summed E-state index contributed by atoms with van der Waals surface area (Å²) in [5, 5.41) is 12.0. The fraction of sp³-hybridized carbons (Fsp3) is 0.0667. The fourth-order valence-electron chi connectivity index (χ4n) is 1.83. The van der Waals surface area contributed by atoms with Crippen molar-refractivity contribution < 1.29 is 4.42 Å². The lowest BCUT2D eigenvalue weighted by Gasteiger charge is -1.99. The van der Waals surface area contributed by atoms with Gasteiger partial charge in [0.25, 0.3) is 5.56 Å². The summed E-state index contributed by atoms with van der Waals surface area (Å²) in [4.78, 5) is 13.9. The molecule has 0 bridgehead atoms. The number of hydrazone groups is 1. The third kappa shape index (κ3) is 3.46. The first-order chi connectivity index (χ1) is 11.1. The van der Waals surface area contributed by atoms with E-state index in [1.165, 1.54) is 6.21 Å². The van der Waals surface area contributed by atoms with Crippen molar-refractivity contribution in [2.75, 3.05) is 5.43 Å². The predicted molar refractivity (Wildman–Crippen MR) is 87.8 cm³/mol. The molecule has 116 valence electrons. The van der Waals surface area contributed by atoms with E-state index in [2.05, 4.69) is 25.7 Å². The molecule has 2 aromatic heterocycles. The molecule has 0 saturated carbocycles. The zero-order chi connectivity index (χ0) is 16.2. The van der Waals surface area contributed by atoms with Crippen LogP contribution in [0, 0.1) is 6.92 Å². The molecule has 2 N–H and O–H groups in total. The van der Waals surface area contributed by atoms with Crippen molar-refractivity contribution in [1.82, 2.24) is 15.2 Å². The highest BCUT2D eigenvalue weighted by molar-refractivity contribution is 6.33. The van der Waals surface area contributed by atoms with Gasteiger partial charge >= 0.3 is 0 Å². The number of rotatable bonds is 4. The SMILES string of the molecule is Cc1nnc(NN=Cc2ccc(-c3ccccc3Cl)o2)[nH]c1=O. The van der Waals surface area contributed by atoms with Gasteiger partial charge in [-0.2, -0.15) is 5.10 Å². The number of benzene rings is 1. The van der Waals surface area contributed by atoms with Gasteiger partial charge in [-0.15, -0.1) is 10.2 Å². The fourth-order valence-corrected chi connectivity index (χ4v) is 2.06. The minimum absolute atomic E-state index is 0.148. The summed E-state index contributed by atoms with van der Waals surface area (Å²) < 4.78 is 5.65. The van der Waals surface area contributed by atoms with Gasteiger partial charge in [0.2, 0.25) is 5.95 Å². The van der Waals surface area contributed by atoms with E-state index in [4.69, 9.17) is 16.0 Å². The maximum absolute atomic E-state index is 11.4. The van der Waals surface area contributed by atoms with Crippen molar-refractivity contribution in [3.05, 3.63) is 63.2 Å². The molecule has 23 heavy (non-hydrogen) atoms. The Labute approximate surface area is 136 Å². The summed E-state index contributed by atoms with van der Waals surface area (Å²) in [5.41, 5.74) is 3.34. The molecule has 8 heteroatoms. The lowest BCUT2D eigenvalue weighted by atomic mass is 10.2. The lowest BCUT2D eigenvalue weighted by Crippen LogP contribution is -2.15. The van der Waals surface area contributed by atoms with E-state index in [9.17, 15) is 4.79 Å². The Morgan fingerprint density at radius 1 is 1.26 bits per heavy atom. The van der Waals surface area contributed by atoms with E-state index in [1.807, 2.05) is 18.2 Å². The van der Waals surface area contributed by atoms with Gasteiger partial charge in [-0.05, 0) is 31.2 Å². The smallest absolute Gasteiger partial charge is 0.274 e. The van der Waals surface area contributed by atoms with Crippen molar-refractivity contribution in [2.45, 2.75) is 6.92 Å². The number of aromatic nitrogens is 3. The van der Waals surface area contributed by atoms with E-state index < -0.39 is 0 Å². The highest BCUT2D eigenvalue weighted by Crippen LogP contribution is 2.28. The highest BCUT2D eigenvalue weighted by atomic mass is 35.5. The number of nitrogens with zero attached hydrogens (tertiary/aromatic N) is 3. The van der Waals surface area contributed by atoms with Crippen LogP contribution in [0.1, 0.15) is 11.5 Å². The second-order valence-corrected chi connectivity index (χ2v) is 5.05. The van der Waals surface area contributed by atoms with Crippen molar-refractivity contribution in [1.29, 1.82) is 0 Å². The van der Waals surface area contributed by atoms with Crippen LogP contribution in [-0.2, 0) is 0 Å². The summed E-state index contributed by atoms with van der Waals surface area (Å²) in [7, 11) is 0. The van der Waals surface area contributed by atoms with Crippen molar-refractivity contribution in [3.63, 3.8) is 0 Å². The normalized spacial score (nSPS) is 11.0. The van der Waals surface area contributed by atoms with Gasteiger partial charge in [-0.3, -0.25) is 9.78 Å². The summed E-state index contributed by atoms with van der Waals surface area (Å²) in [6.45, 7) is 1.57. The van der Waals surface area contributed by atoms with E-state index >= 15 is 0 Å². The average Bonchev–Trinajstić information content (AvgIpc) is 3.00. The minimum Gasteiger partial charge on any atom is -0.455 e. The number of aryl methyl sites for hydroxylation is 1. The molecule has 2 heterocycles. The van der Waals surface area contributed by atoms with Crippen LogP contribution in [0.3, 0.4) is 0 Å². The van der Waals surface area contributed by atoms with E-state index in [0.717, 1.165) is 5.56 Å². The van der Waals surface area contributed by atoms with E-state index in [1.54, 1.807) is 25.1 Å². The predicted octanol–water partition coefficient (Wildman–Crippen LogP) is 2.83. The lowest BCUT2D eigenvalue weighted by molar-refractivity contribution is 0.575. The molecule has 0 spiro atoms. The van der Waals surface area contributed by atoms with Crippen molar-refractivity contribution in [2.24, 2.45) is 5.10 Å². The maximum atomic E-state index is 11.4. The number of hydrogen-bond donors (Lipinski definition) is 2. The molecule has 3 rings (SSSR count). The van der Waals surface area contributed by atoms with Crippen LogP contribution >= 0.6 is 11.6 Å². The minimum atomic E-state index is -0.322. The molecule has 0 aliphatic rings. The molecule has 0 aliphatic heterocycles. The Balaban J connectivity index is 1.73. The number of nitrogens with one attached hydrogen (secondary N) is 2. The number of anilines is 1. The monoisotopic (exact) mass is 329 g/mol. The first kappa shape index (κ1) is 15.0. The third-order valence-electron chi connectivity index (χ3n) is 2.99. The Kier molecular flexibility index (Phi) is 4.20. The largest absolute Gasteiger partial charge is 0.455 e. The molecule has 0 fully saturated rings. The topological polar surface area (TPSA) is 96.2 Å². The number of hydrogen-bond acceptors (Lipinski definition) is 6. The molecule has 0 atom stereocenters. The second kappa shape index (κ2) is 6.45. The molecular weight excluding hydrogens is 318 g/mol. The van der Waals surface area contributed by atoms with Crippen LogP contribution in [0.4, 0.5) is 5.95 Å². The zero-order valence-electron chi connectivity index (χ0n) is 12.1. The summed E-state index contributed by atoms with van der Waals surface area (Å²) >= 11 is 6.13. The van der Waals surface area contributed by atoms with Gasteiger partial charge in [0, 0.05) is 5.56 Å². The van der Waals surface area contributed by atoms with Gasteiger partial charge in [-0.25, -0.2) is 5.43 Å². The molecular formula is C15H12ClN5O2. The van der Waals surface area contributed by atoms with Gasteiger partial charge in [0.15, 0.2) is 0 Å². The number of furan rings is 1. The van der Waals surface area contributed by atoms with E-state index in [0.29, 0.717) is 16.5 Å². The van der Waals surface area contributed by atoms with Crippen LogP contribution in [-0.4, -0.2) is 21.4 Å². The molecule has 0 saturated heterocycles. The van der Waals surface area contributed by atoms with Gasteiger partial charge in [0.05, 0.1) is 11.2 Å². The van der Waals surface area contributed by atoms with Crippen LogP contribution in [0.25, 0.3) is 11.3 Å². The van der Waals surface area contributed by atoms with Crippen LogP contribution in [0.15, 0.2) is 50.7 Å². The zero-order valence-corrected chi connectivity index (χ0v) is 12.8.